The van der Waals surface area contributed by atoms with Crippen molar-refractivity contribution in [3.8, 4) is 0 Å². The fourth-order valence-corrected chi connectivity index (χ4v) is 5.64. The number of nitrogens with one attached hydrogen (secondary N) is 3. The number of ether oxygens (including phenoxy) is 1. The van der Waals surface area contributed by atoms with E-state index in [4.69, 9.17) is 21.3 Å². The molecule has 4 rings (SSSR count). The highest BCUT2D eigenvalue weighted by atomic mass is 35.5. The van der Waals surface area contributed by atoms with Crippen molar-refractivity contribution in [1.82, 2.24) is 26.1 Å². The maximum atomic E-state index is 13.4. The Bertz CT molecular complexity index is 1490. The second kappa shape index (κ2) is 12.6. The number of aromatic nitrogens is 1. The summed E-state index contributed by atoms with van der Waals surface area (Å²) in [6.45, 7) is 14.7. The number of carbonyl (C=O) groups is 4. The maximum Gasteiger partial charge on any atom is 0.325 e. The third kappa shape index (κ3) is 6.70. The van der Waals surface area contributed by atoms with Crippen molar-refractivity contribution in [2.45, 2.75) is 92.5 Å². The molecule has 3 N–H and O–H groups in total. The highest BCUT2D eigenvalue weighted by Crippen LogP contribution is 2.35. The number of carbonyl (C=O) groups excluding carboxylic acids is 4. The first kappa shape index (κ1) is 32.4. The largest absolute Gasteiger partial charge is 0.455 e. The minimum atomic E-state index is -0.964. The van der Waals surface area contributed by atoms with Crippen molar-refractivity contribution < 1.29 is 23.9 Å². The zero-order valence-corrected chi connectivity index (χ0v) is 26.9. The Morgan fingerprint density at radius 1 is 1.07 bits per heavy atom. The number of cyclic esters (lactones) is 1. The van der Waals surface area contributed by atoms with Crippen LogP contribution in [0.15, 0.2) is 18.2 Å². The molecule has 3 heterocycles. The average molecular weight is 612 g/mol. The molecule has 1 saturated heterocycles. The molecule has 1 aromatic heterocycles. The molecule has 0 saturated carbocycles. The summed E-state index contributed by atoms with van der Waals surface area (Å²) >= 11 is 6.81. The lowest BCUT2D eigenvalue weighted by atomic mass is 9.89. The van der Waals surface area contributed by atoms with Crippen molar-refractivity contribution in [3.05, 3.63) is 45.6 Å². The Kier molecular flexibility index (Phi) is 9.51. The summed E-state index contributed by atoms with van der Waals surface area (Å²) < 4.78 is 5.86. The smallest absolute Gasteiger partial charge is 0.325 e. The van der Waals surface area contributed by atoms with E-state index in [1.807, 2.05) is 45.9 Å². The number of halogens is 1. The Morgan fingerprint density at radius 3 is 2.44 bits per heavy atom. The molecule has 1 fully saturated rings. The number of hydrogen-bond donors (Lipinski definition) is 3. The van der Waals surface area contributed by atoms with Gasteiger partial charge in [-0.15, -0.1) is 0 Å². The molecule has 10 nitrogen and oxygen atoms in total. The molecule has 3 amide bonds. The molecule has 0 radical (unpaired) electrons. The lowest BCUT2D eigenvalue weighted by Gasteiger charge is -2.35. The number of rotatable bonds is 1. The highest BCUT2D eigenvalue weighted by molar-refractivity contribution is 6.36. The van der Waals surface area contributed by atoms with Crippen LogP contribution < -0.4 is 16.1 Å². The summed E-state index contributed by atoms with van der Waals surface area (Å²) in [6, 6.07) is 1.31. The molecule has 2 aliphatic rings. The molecule has 2 aromatic rings. The van der Waals surface area contributed by atoms with Crippen LogP contribution in [0.25, 0.3) is 17.0 Å². The van der Waals surface area contributed by atoms with Crippen LogP contribution in [-0.2, 0) is 23.9 Å². The van der Waals surface area contributed by atoms with E-state index in [-0.39, 0.29) is 11.8 Å². The number of pyridine rings is 1. The van der Waals surface area contributed by atoms with Crippen LogP contribution in [0.2, 0.25) is 5.02 Å². The molecule has 0 aliphatic carbocycles. The van der Waals surface area contributed by atoms with Crippen LogP contribution in [0.1, 0.15) is 82.9 Å². The van der Waals surface area contributed by atoms with E-state index in [1.165, 1.54) is 5.01 Å². The van der Waals surface area contributed by atoms with Gasteiger partial charge in [0.2, 0.25) is 11.8 Å². The Labute approximate surface area is 257 Å². The van der Waals surface area contributed by atoms with Gasteiger partial charge in [-0.25, -0.2) is 10.4 Å². The number of nitrogens with zero attached hydrogens (tertiary/aromatic N) is 2. The van der Waals surface area contributed by atoms with Gasteiger partial charge < -0.3 is 15.4 Å². The Morgan fingerprint density at radius 2 is 1.77 bits per heavy atom. The van der Waals surface area contributed by atoms with Crippen molar-refractivity contribution >= 4 is 52.3 Å². The molecule has 0 spiro atoms. The van der Waals surface area contributed by atoms with Gasteiger partial charge in [-0.05, 0) is 77.0 Å². The van der Waals surface area contributed by atoms with Crippen LogP contribution in [0.5, 0.6) is 0 Å². The SMILES string of the molecule is Cc1c2nc3c(C)c(ccc3c1Cl)/C=C/C(C)(C)C(=O)N[C@@H](C(C)C)C(=O)N[C@@H](C)C(=O)N1CCC[C@H](N1)C(=O)O[C@@H]2C. The van der Waals surface area contributed by atoms with Crippen molar-refractivity contribution in [2.24, 2.45) is 11.3 Å². The van der Waals surface area contributed by atoms with E-state index >= 15 is 0 Å². The van der Waals surface area contributed by atoms with Gasteiger partial charge in [0.15, 0.2) is 0 Å². The summed E-state index contributed by atoms with van der Waals surface area (Å²) in [4.78, 5) is 58.2. The van der Waals surface area contributed by atoms with E-state index in [2.05, 4.69) is 16.1 Å². The molecule has 43 heavy (non-hydrogen) atoms. The van der Waals surface area contributed by atoms with Gasteiger partial charge in [0.1, 0.15) is 24.2 Å². The van der Waals surface area contributed by atoms with Crippen LogP contribution >= 0.6 is 11.6 Å². The zero-order valence-electron chi connectivity index (χ0n) is 26.1. The molecule has 1 aromatic carbocycles. The van der Waals surface area contributed by atoms with E-state index in [9.17, 15) is 19.2 Å². The highest BCUT2D eigenvalue weighted by Gasteiger charge is 2.35. The molecular weight excluding hydrogens is 570 g/mol. The fourth-order valence-electron chi connectivity index (χ4n) is 5.39. The predicted molar refractivity (Wildman–Crippen MR) is 166 cm³/mol. The van der Waals surface area contributed by atoms with Gasteiger partial charge in [-0.2, -0.15) is 0 Å². The molecule has 5 bridgehead atoms. The third-order valence-electron chi connectivity index (χ3n) is 8.30. The van der Waals surface area contributed by atoms with Crippen LogP contribution in [0.4, 0.5) is 0 Å². The first-order valence-electron chi connectivity index (χ1n) is 14.8. The Hall–Kier alpha value is -3.50. The molecule has 11 heteroatoms. The minimum absolute atomic E-state index is 0.238. The van der Waals surface area contributed by atoms with Crippen molar-refractivity contribution in [1.29, 1.82) is 0 Å². The number of hydrazine groups is 1. The van der Waals surface area contributed by atoms with E-state index in [0.29, 0.717) is 41.2 Å². The monoisotopic (exact) mass is 611 g/mol. The summed E-state index contributed by atoms with van der Waals surface area (Å²) in [7, 11) is 0. The van der Waals surface area contributed by atoms with E-state index in [1.54, 1.807) is 33.8 Å². The van der Waals surface area contributed by atoms with Gasteiger partial charge in [-0.3, -0.25) is 24.2 Å². The number of amides is 3. The summed E-state index contributed by atoms with van der Waals surface area (Å²) in [6.07, 6.45) is 4.00. The lowest BCUT2D eigenvalue weighted by Crippen LogP contribution is -2.61. The van der Waals surface area contributed by atoms with Gasteiger partial charge >= 0.3 is 5.97 Å². The summed E-state index contributed by atoms with van der Waals surface area (Å²) in [5.41, 5.74) is 5.64. The molecule has 2 aliphatic heterocycles. The quantitative estimate of drug-likeness (QED) is 0.410. The molecule has 4 atom stereocenters. The molecular formula is C32H42ClN5O5. The average Bonchev–Trinajstić information content (AvgIpc) is 2.95. The van der Waals surface area contributed by atoms with E-state index in [0.717, 1.165) is 16.5 Å². The second-order valence-electron chi connectivity index (χ2n) is 12.5. The number of benzene rings is 1. The van der Waals surface area contributed by atoms with E-state index < -0.39 is 47.4 Å². The number of esters is 1. The minimum Gasteiger partial charge on any atom is -0.455 e. The Balaban J connectivity index is 1.80. The number of aryl methyl sites for hydroxylation is 1. The number of hydrogen-bond acceptors (Lipinski definition) is 7. The lowest BCUT2D eigenvalue weighted by molar-refractivity contribution is -0.157. The van der Waals surface area contributed by atoms with Crippen molar-refractivity contribution in [3.63, 3.8) is 0 Å². The fraction of sp³-hybridized carbons (Fsp3) is 0.531. The van der Waals surface area contributed by atoms with Crippen LogP contribution in [0.3, 0.4) is 0 Å². The zero-order chi connectivity index (χ0) is 31.8. The topological polar surface area (TPSA) is 130 Å². The van der Waals surface area contributed by atoms with Gasteiger partial charge in [0.25, 0.3) is 5.91 Å². The first-order valence-corrected chi connectivity index (χ1v) is 15.2. The van der Waals surface area contributed by atoms with Crippen LogP contribution in [-0.4, -0.2) is 58.4 Å². The van der Waals surface area contributed by atoms with Gasteiger partial charge in [0.05, 0.1) is 21.6 Å². The van der Waals surface area contributed by atoms with Crippen molar-refractivity contribution in [2.75, 3.05) is 6.54 Å². The third-order valence-corrected chi connectivity index (χ3v) is 8.79. The summed E-state index contributed by atoms with van der Waals surface area (Å²) in [5, 5.41) is 8.28. The maximum absolute atomic E-state index is 13.4. The normalized spacial score (nSPS) is 26.2. The second-order valence-corrected chi connectivity index (χ2v) is 12.9. The first-order chi connectivity index (χ1) is 20.1. The summed E-state index contributed by atoms with van der Waals surface area (Å²) in [5.74, 6) is -1.94. The molecule has 0 unspecified atom stereocenters. The predicted octanol–water partition coefficient (Wildman–Crippen LogP) is 4.30. The van der Waals surface area contributed by atoms with Crippen LogP contribution in [0, 0.1) is 25.2 Å². The van der Waals surface area contributed by atoms with Gasteiger partial charge in [0, 0.05) is 11.9 Å². The van der Waals surface area contributed by atoms with Gasteiger partial charge in [-0.1, -0.05) is 49.7 Å². The molecule has 232 valence electrons. The number of fused-ring (bicyclic) bond motifs is 4. The standard InChI is InChI=1S/C32H42ClN5O5/c1-16(2)25-28(39)34-19(5)29(40)38-15-9-10-23(37-38)30(41)43-20(6)26-18(4)24(33)22-12-11-21(17(3)27(22)35-26)13-14-32(7,8)31(42)36-25/h11-14,16,19-20,23,25,37H,9-10,15H2,1-8H3,(H,34,39)(H,36,42)/b14-13+/t19-,20+,23-,25-/m0/s1.